The fraction of sp³-hybridized carbons (Fsp3) is 0.300. The highest BCUT2D eigenvalue weighted by atomic mass is 16.2. The molecule has 2 aromatic heterocycles. The van der Waals surface area contributed by atoms with E-state index in [0.29, 0.717) is 29.3 Å². The first-order valence-corrected chi connectivity index (χ1v) is 9.74. The molecule has 1 fully saturated rings. The Labute approximate surface area is 173 Å². The molecular formula is C20H22N8O2. The Morgan fingerprint density at radius 1 is 1.17 bits per heavy atom. The van der Waals surface area contributed by atoms with Gasteiger partial charge in [0.15, 0.2) is 11.5 Å². The van der Waals surface area contributed by atoms with E-state index in [1.54, 1.807) is 52.8 Å². The van der Waals surface area contributed by atoms with Crippen molar-refractivity contribution >= 4 is 24.0 Å². The van der Waals surface area contributed by atoms with Crippen LogP contribution in [0.1, 0.15) is 52.1 Å². The molecule has 2 heterocycles. The van der Waals surface area contributed by atoms with Gasteiger partial charge >= 0.3 is 0 Å². The minimum absolute atomic E-state index is 0.144. The third-order valence-electron chi connectivity index (χ3n) is 4.68. The number of aryl methyl sites for hydroxylation is 1. The molecule has 1 aliphatic carbocycles. The molecule has 1 saturated carbocycles. The van der Waals surface area contributed by atoms with Crippen LogP contribution in [-0.4, -0.2) is 54.2 Å². The van der Waals surface area contributed by atoms with Crippen molar-refractivity contribution in [2.75, 3.05) is 6.54 Å². The molecule has 0 aliphatic heterocycles. The highest BCUT2D eigenvalue weighted by Crippen LogP contribution is 2.21. The molecule has 0 atom stereocenters. The average Bonchev–Trinajstić information content (AvgIpc) is 3.30. The molecule has 0 spiro atoms. The number of hydrogen-bond acceptors (Lipinski definition) is 6. The third-order valence-corrected chi connectivity index (χ3v) is 4.68. The van der Waals surface area contributed by atoms with Gasteiger partial charge in [0.2, 0.25) is 0 Å². The number of hydrogen-bond donors (Lipinski definition) is 2. The lowest BCUT2D eigenvalue weighted by molar-refractivity contribution is 0.0941. The van der Waals surface area contributed by atoms with Crippen molar-refractivity contribution in [2.45, 2.75) is 25.8 Å². The molecular weight excluding hydrogens is 384 g/mol. The summed E-state index contributed by atoms with van der Waals surface area (Å²) in [5, 5.41) is 18.0. The number of carbonyl (C=O) groups is 2. The van der Waals surface area contributed by atoms with E-state index in [4.69, 9.17) is 0 Å². The first kappa shape index (κ1) is 19.5. The van der Waals surface area contributed by atoms with E-state index >= 15 is 0 Å². The van der Waals surface area contributed by atoms with Crippen molar-refractivity contribution in [1.29, 1.82) is 0 Å². The van der Waals surface area contributed by atoms with Gasteiger partial charge in [0.25, 0.3) is 11.8 Å². The van der Waals surface area contributed by atoms with Gasteiger partial charge in [0, 0.05) is 25.2 Å². The number of rotatable bonds is 7. The van der Waals surface area contributed by atoms with E-state index in [1.807, 2.05) is 6.92 Å². The van der Waals surface area contributed by atoms with Gasteiger partial charge < -0.3 is 10.6 Å². The quantitative estimate of drug-likeness (QED) is 0.609. The SMILES string of the molecule is CCNC(=O)c1ccc(-n2nnc(C(=O)NC3CC3)c2/C=C/c2ncnn2C)cc1. The van der Waals surface area contributed by atoms with Crippen molar-refractivity contribution in [3.63, 3.8) is 0 Å². The van der Waals surface area contributed by atoms with Crippen LogP contribution >= 0.6 is 0 Å². The third kappa shape index (κ3) is 4.12. The Kier molecular flexibility index (Phi) is 5.38. The lowest BCUT2D eigenvalue weighted by Gasteiger charge is -2.07. The lowest BCUT2D eigenvalue weighted by Crippen LogP contribution is -2.26. The van der Waals surface area contributed by atoms with Crippen LogP contribution in [0.3, 0.4) is 0 Å². The maximum Gasteiger partial charge on any atom is 0.274 e. The highest BCUT2D eigenvalue weighted by molar-refractivity contribution is 5.96. The second kappa shape index (κ2) is 8.27. The summed E-state index contributed by atoms with van der Waals surface area (Å²) in [7, 11) is 1.78. The number of nitrogens with zero attached hydrogens (tertiary/aromatic N) is 6. The Balaban J connectivity index is 1.69. The van der Waals surface area contributed by atoms with Gasteiger partial charge in [-0.15, -0.1) is 5.10 Å². The van der Waals surface area contributed by atoms with Gasteiger partial charge in [0.1, 0.15) is 12.0 Å². The van der Waals surface area contributed by atoms with Gasteiger partial charge in [-0.2, -0.15) is 5.10 Å². The summed E-state index contributed by atoms with van der Waals surface area (Å²) < 4.78 is 3.19. The average molecular weight is 406 g/mol. The molecule has 1 aromatic carbocycles. The Morgan fingerprint density at radius 3 is 2.57 bits per heavy atom. The Hall–Kier alpha value is -3.82. The largest absolute Gasteiger partial charge is 0.352 e. The summed E-state index contributed by atoms with van der Waals surface area (Å²) in [6.45, 7) is 2.42. The fourth-order valence-corrected chi connectivity index (χ4v) is 2.90. The van der Waals surface area contributed by atoms with Crippen LogP contribution < -0.4 is 10.6 Å². The molecule has 2 amide bonds. The number of aromatic nitrogens is 6. The summed E-state index contributed by atoms with van der Waals surface area (Å²) in [5.74, 6) is 0.220. The highest BCUT2D eigenvalue weighted by Gasteiger charge is 2.27. The molecule has 0 radical (unpaired) electrons. The summed E-state index contributed by atoms with van der Waals surface area (Å²) in [4.78, 5) is 28.8. The van der Waals surface area contributed by atoms with Crippen LogP contribution in [-0.2, 0) is 7.05 Å². The first-order valence-electron chi connectivity index (χ1n) is 9.74. The smallest absolute Gasteiger partial charge is 0.274 e. The topological polar surface area (TPSA) is 120 Å². The van der Waals surface area contributed by atoms with E-state index in [1.165, 1.54) is 6.33 Å². The first-order chi connectivity index (χ1) is 14.6. The number of amides is 2. The Bertz CT molecular complexity index is 1090. The predicted octanol–water partition coefficient (Wildman–Crippen LogP) is 1.21. The van der Waals surface area contributed by atoms with Gasteiger partial charge in [0.05, 0.1) is 5.69 Å². The number of carbonyl (C=O) groups excluding carboxylic acids is 2. The van der Waals surface area contributed by atoms with Crippen molar-refractivity contribution in [2.24, 2.45) is 7.05 Å². The molecule has 0 saturated heterocycles. The molecule has 4 rings (SSSR count). The monoisotopic (exact) mass is 406 g/mol. The van der Waals surface area contributed by atoms with Crippen LogP contribution in [0.5, 0.6) is 0 Å². The van der Waals surface area contributed by atoms with Crippen LogP contribution in [0.15, 0.2) is 30.6 Å². The van der Waals surface area contributed by atoms with Crippen molar-refractivity contribution < 1.29 is 9.59 Å². The fourth-order valence-electron chi connectivity index (χ4n) is 2.90. The van der Waals surface area contributed by atoms with Crippen molar-refractivity contribution in [3.05, 3.63) is 53.4 Å². The van der Waals surface area contributed by atoms with Crippen LogP contribution in [0.2, 0.25) is 0 Å². The van der Waals surface area contributed by atoms with Gasteiger partial charge in [-0.3, -0.25) is 9.59 Å². The number of benzene rings is 1. The van der Waals surface area contributed by atoms with E-state index in [-0.39, 0.29) is 23.6 Å². The molecule has 2 N–H and O–H groups in total. The minimum atomic E-state index is -0.264. The van der Waals surface area contributed by atoms with Crippen LogP contribution in [0.4, 0.5) is 0 Å². The van der Waals surface area contributed by atoms with E-state index in [9.17, 15) is 9.59 Å². The van der Waals surface area contributed by atoms with E-state index in [2.05, 4.69) is 31.0 Å². The number of nitrogens with one attached hydrogen (secondary N) is 2. The molecule has 3 aromatic rings. The molecule has 10 nitrogen and oxygen atoms in total. The maximum absolute atomic E-state index is 12.7. The molecule has 30 heavy (non-hydrogen) atoms. The van der Waals surface area contributed by atoms with Gasteiger partial charge in [-0.05, 0) is 56.2 Å². The Morgan fingerprint density at radius 2 is 1.93 bits per heavy atom. The molecule has 154 valence electrons. The zero-order chi connectivity index (χ0) is 21.1. The zero-order valence-electron chi connectivity index (χ0n) is 16.7. The van der Waals surface area contributed by atoms with Crippen molar-refractivity contribution in [1.82, 2.24) is 40.4 Å². The van der Waals surface area contributed by atoms with Gasteiger partial charge in [-0.25, -0.2) is 14.3 Å². The van der Waals surface area contributed by atoms with Gasteiger partial charge in [-0.1, -0.05) is 5.21 Å². The zero-order valence-corrected chi connectivity index (χ0v) is 16.7. The lowest BCUT2D eigenvalue weighted by atomic mass is 10.2. The summed E-state index contributed by atoms with van der Waals surface area (Å²) in [6, 6.07) is 7.15. The normalized spacial score (nSPS) is 13.5. The van der Waals surface area contributed by atoms with Crippen LogP contribution in [0, 0.1) is 0 Å². The van der Waals surface area contributed by atoms with E-state index in [0.717, 1.165) is 12.8 Å². The molecule has 10 heteroatoms. The molecule has 0 unspecified atom stereocenters. The molecule has 0 bridgehead atoms. The second-order valence-corrected chi connectivity index (χ2v) is 6.96. The maximum atomic E-state index is 12.7. The minimum Gasteiger partial charge on any atom is -0.352 e. The second-order valence-electron chi connectivity index (χ2n) is 6.96. The van der Waals surface area contributed by atoms with Crippen LogP contribution in [0.25, 0.3) is 17.8 Å². The van der Waals surface area contributed by atoms with E-state index < -0.39 is 0 Å². The standard InChI is InChI=1S/C20H22N8O2/c1-3-21-19(29)13-4-8-15(9-5-13)28-16(10-11-17-22-12-23-27(17)2)18(25-26-28)20(30)24-14-6-7-14/h4-5,8-12,14H,3,6-7H2,1-2H3,(H,21,29)(H,24,30)/b11-10+. The summed E-state index contributed by atoms with van der Waals surface area (Å²) >= 11 is 0. The summed E-state index contributed by atoms with van der Waals surface area (Å²) in [5.41, 5.74) is 1.97. The predicted molar refractivity (Wildman–Crippen MR) is 110 cm³/mol. The summed E-state index contributed by atoms with van der Waals surface area (Å²) in [6.07, 6.45) is 6.90. The molecule has 1 aliphatic rings. The van der Waals surface area contributed by atoms with Crippen molar-refractivity contribution in [3.8, 4) is 5.69 Å².